The first kappa shape index (κ1) is 13.4. The van der Waals surface area contributed by atoms with Crippen LogP contribution in [0.15, 0.2) is 24.3 Å². The molecule has 104 valence electrons. The van der Waals surface area contributed by atoms with Gasteiger partial charge in [0.2, 0.25) is 0 Å². The smallest absolute Gasteiger partial charge is 0.169 e. The van der Waals surface area contributed by atoms with Gasteiger partial charge < -0.3 is 14.6 Å². The minimum atomic E-state index is -0.441. The predicted octanol–water partition coefficient (Wildman–Crippen LogP) is 3.45. The van der Waals surface area contributed by atoms with Gasteiger partial charge in [0.15, 0.2) is 5.79 Å². The van der Waals surface area contributed by atoms with E-state index in [1.165, 1.54) is 0 Å². The third-order valence-electron chi connectivity index (χ3n) is 4.04. The second kappa shape index (κ2) is 5.41. The van der Waals surface area contributed by atoms with E-state index in [0.29, 0.717) is 11.4 Å². The molecule has 1 aromatic rings. The van der Waals surface area contributed by atoms with E-state index >= 15 is 0 Å². The van der Waals surface area contributed by atoms with E-state index in [0.717, 1.165) is 31.2 Å². The zero-order valence-corrected chi connectivity index (χ0v) is 11.6. The van der Waals surface area contributed by atoms with Gasteiger partial charge in [-0.3, -0.25) is 0 Å². The molecule has 0 amide bonds. The van der Waals surface area contributed by atoms with Crippen molar-refractivity contribution in [3.63, 3.8) is 0 Å². The molecule has 0 aromatic heterocycles. The minimum Gasteiger partial charge on any atom is -0.396 e. The molecule has 1 aromatic carbocycles. The van der Waals surface area contributed by atoms with Crippen LogP contribution in [0, 0.1) is 0 Å². The molecule has 19 heavy (non-hydrogen) atoms. The fraction of sp³-hybridized carbons (Fsp3) is 0.600. The van der Waals surface area contributed by atoms with Crippen LogP contribution in [0.3, 0.4) is 0 Å². The summed E-state index contributed by atoms with van der Waals surface area (Å²) in [6.45, 7) is 0.102. The normalized spacial score (nSPS) is 29.2. The largest absolute Gasteiger partial charge is 0.396 e. The van der Waals surface area contributed by atoms with Crippen LogP contribution in [0.2, 0.25) is 5.02 Å². The summed E-state index contributed by atoms with van der Waals surface area (Å²) in [4.78, 5) is 0. The highest BCUT2D eigenvalue weighted by Crippen LogP contribution is 2.48. The van der Waals surface area contributed by atoms with Crippen molar-refractivity contribution in [3.8, 4) is 0 Å². The van der Waals surface area contributed by atoms with E-state index in [-0.39, 0.29) is 18.8 Å². The van der Waals surface area contributed by atoms with Gasteiger partial charge in [-0.05, 0) is 25.3 Å². The topological polar surface area (TPSA) is 38.7 Å². The van der Waals surface area contributed by atoms with Crippen molar-refractivity contribution in [1.82, 2.24) is 0 Å². The maximum Gasteiger partial charge on any atom is 0.169 e. The fourth-order valence-corrected chi connectivity index (χ4v) is 3.37. The zero-order chi connectivity index (χ0) is 13.3. The van der Waals surface area contributed by atoms with Crippen LogP contribution in [-0.2, 0) is 9.47 Å². The first-order chi connectivity index (χ1) is 9.24. The summed E-state index contributed by atoms with van der Waals surface area (Å²) in [6, 6.07) is 7.72. The Labute approximate surface area is 118 Å². The number of benzene rings is 1. The standard InChI is InChI=1S/C15H19ClO3/c16-12-6-2-1-5-11(12)14-13(7-10-17)18-15(19-14)8-3-4-9-15/h1-2,5-6,13-14,17H,3-4,7-10H2. The summed E-state index contributed by atoms with van der Waals surface area (Å²) in [5.41, 5.74) is 0.964. The molecule has 4 heteroatoms. The van der Waals surface area contributed by atoms with Crippen LogP contribution < -0.4 is 0 Å². The average Bonchev–Trinajstić information content (AvgIpc) is 2.99. The van der Waals surface area contributed by atoms with Crippen LogP contribution in [0.1, 0.15) is 43.8 Å². The molecule has 2 fully saturated rings. The van der Waals surface area contributed by atoms with Crippen molar-refractivity contribution < 1.29 is 14.6 Å². The molecule has 3 rings (SSSR count). The third-order valence-corrected chi connectivity index (χ3v) is 4.38. The van der Waals surface area contributed by atoms with E-state index in [1.54, 1.807) is 0 Å². The van der Waals surface area contributed by atoms with Gasteiger partial charge in [-0.25, -0.2) is 0 Å². The highest BCUT2D eigenvalue weighted by molar-refractivity contribution is 6.31. The van der Waals surface area contributed by atoms with Crippen molar-refractivity contribution in [1.29, 1.82) is 0 Å². The highest BCUT2D eigenvalue weighted by Gasteiger charge is 2.49. The molecule has 1 heterocycles. The SMILES string of the molecule is OCCC1OC2(CCCC2)OC1c1ccccc1Cl. The fourth-order valence-electron chi connectivity index (χ4n) is 3.13. The van der Waals surface area contributed by atoms with Gasteiger partial charge >= 0.3 is 0 Å². The van der Waals surface area contributed by atoms with Crippen LogP contribution in [0.25, 0.3) is 0 Å². The van der Waals surface area contributed by atoms with Crippen molar-refractivity contribution in [2.75, 3.05) is 6.61 Å². The number of aliphatic hydroxyl groups excluding tert-OH is 1. The van der Waals surface area contributed by atoms with Gasteiger partial charge in [-0.2, -0.15) is 0 Å². The van der Waals surface area contributed by atoms with E-state index in [2.05, 4.69) is 0 Å². The lowest BCUT2D eigenvalue weighted by Gasteiger charge is -2.22. The number of aliphatic hydroxyl groups is 1. The summed E-state index contributed by atoms with van der Waals surface area (Å²) in [5.74, 6) is -0.441. The molecular weight excluding hydrogens is 264 g/mol. The predicted molar refractivity (Wildman–Crippen MR) is 73.1 cm³/mol. The maximum absolute atomic E-state index is 9.22. The molecule has 1 saturated carbocycles. The van der Waals surface area contributed by atoms with Crippen LogP contribution >= 0.6 is 11.6 Å². The monoisotopic (exact) mass is 282 g/mol. The Morgan fingerprint density at radius 3 is 2.63 bits per heavy atom. The van der Waals surface area contributed by atoms with E-state index in [4.69, 9.17) is 21.1 Å². The second-order valence-corrected chi connectivity index (χ2v) is 5.75. The third kappa shape index (κ3) is 2.52. The molecule has 1 N–H and O–H groups in total. The molecule has 3 nitrogen and oxygen atoms in total. The summed E-state index contributed by atoms with van der Waals surface area (Å²) in [6.07, 6.45) is 4.47. The Morgan fingerprint density at radius 1 is 1.21 bits per heavy atom. The van der Waals surface area contributed by atoms with Crippen molar-refractivity contribution in [2.24, 2.45) is 0 Å². The molecule has 2 atom stereocenters. The number of ether oxygens (including phenoxy) is 2. The van der Waals surface area contributed by atoms with Crippen molar-refractivity contribution >= 4 is 11.6 Å². The highest BCUT2D eigenvalue weighted by atomic mass is 35.5. The Bertz CT molecular complexity index is 443. The molecule has 1 saturated heterocycles. The Hall–Kier alpha value is -0.610. The zero-order valence-electron chi connectivity index (χ0n) is 10.8. The second-order valence-electron chi connectivity index (χ2n) is 5.35. The van der Waals surface area contributed by atoms with Gasteiger partial charge in [0.1, 0.15) is 6.10 Å². The number of hydrogen-bond donors (Lipinski definition) is 1. The molecule has 1 aliphatic carbocycles. The lowest BCUT2D eigenvalue weighted by Crippen LogP contribution is -2.26. The molecule has 2 unspecified atom stereocenters. The quantitative estimate of drug-likeness (QED) is 0.923. The average molecular weight is 283 g/mol. The Morgan fingerprint density at radius 2 is 1.95 bits per heavy atom. The van der Waals surface area contributed by atoms with E-state index in [1.807, 2.05) is 24.3 Å². The van der Waals surface area contributed by atoms with Crippen molar-refractivity contribution in [2.45, 2.75) is 50.1 Å². The summed E-state index contributed by atoms with van der Waals surface area (Å²) in [5, 5.41) is 9.93. The number of hydrogen-bond acceptors (Lipinski definition) is 3. The van der Waals surface area contributed by atoms with Crippen molar-refractivity contribution in [3.05, 3.63) is 34.9 Å². The van der Waals surface area contributed by atoms with Gasteiger partial charge in [0.25, 0.3) is 0 Å². The molecular formula is C15H19ClO3. The minimum absolute atomic E-state index is 0.102. The summed E-state index contributed by atoms with van der Waals surface area (Å²) in [7, 11) is 0. The van der Waals surface area contributed by atoms with Crippen LogP contribution in [0.5, 0.6) is 0 Å². The summed E-state index contributed by atoms with van der Waals surface area (Å²) < 4.78 is 12.4. The summed E-state index contributed by atoms with van der Waals surface area (Å²) >= 11 is 6.27. The van der Waals surface area contributed by atoms with Crippen LogP contribution in [-0.4, -0.2) is 23.6 Å². The molecule has 2 aliphatic rings. The molecule has 0 bridgehead atoms. The molecule has 1 aliphatic heterocycles. The van der Waals surface area contributed by atoms with E-state index < -0.39 is 5.79 Å². The van der Waals surface area contributed by atoms with E-state index in [9.17, 15) is 5.11 Å². The number of halogens is 1. The lowest BCUT2D eigenvalue weighted by molar-refractivity contribution is -0.170. The van der Waals surface area contributed by atoms with Gasteiger partial charge in [-0.15, -0.1) is 0 Å². The Balaban J connectivity index is 1.88. The van der Waals surface area contributed by atoms with Gasteiger partial charge in [0.05, 0.1) is 6.10 Å². The first-order valence-corrected chi connectivity index (χ1v) is 7.33. The lowest BCUT2D eigenvalue weighted by atomic mass is 10.0. The molecule has 0 radical (unpaired) electrons. The maximum atomic E-state index is 9.22. The van der Waals surface area contributed by atoms with Crippen LogP contribution in [0.4, 0.5) is 0 Å². The number of rotatable bonds is 3. The van der Waals surface area contributed by atoms with Gasteiger partial charge in [0, 0.05) is 30.0 Å². The molecule has 1 spiro atoms. The van der Waals surface area contributed by atoms with Gasteiger partial charge in [-0.1, -0.05) is 29.8 Å². The Kier molecular flexibility index (Phi) is 3.81. The first-order valence-electron chi connectivity index (χ1n) is 6.95.